The molecule has 0 radical (unpaired) electrons. The third-order valence-corrected chi connectivity index (χ3v) is 2.94. The maximum atomic E-state index is 14.0. The summed E-state index contributed by atoms with van der Waals surface area (Å²) in [7, 11) is 1.12. The Morgan fingerprint density at radius 1 is 1.27 bits per heavy atom. The van der Waals surface area contributed by atoms with Crippen molar-refractivity contribution in [2.24, 2.45) is 5.92 Å². The Labute approximate surface area is 122 Å². The van der Waals surface area contributed by atoms with Gasteiger partial charge in [0.25, 0.3) is 0 Å². The molecule has 0 aliphatic heterocycles. The molecule has 0 fully saturated rings. The molecule has 0 heterocycles. The van der Waals surface area contributed by atoms with Crippen LogP contribution in [0.4, 0.5) is 8.78 Å². The molecule has 8 nitrogen and oxygen atoms in total. The quantitative estimate of drug-likeness (QED) is 0.438. The highest BCUT2D eigenvalue weighted by Crippen LogP contribution is 2.32. The molecule has 0 amide bonds. The Balaban J connectivity index is 3.49. The first-order valence-electron chi connectivity index (χ1n) is 5.79. The number of hydrogen-bond acceptors (Lipinski definition) is 5. The number of methoxy groups -OCH3 is 1. The Hall–Kier alpha value is -2.78. The average Bonchev–Trinajstić information content (AvgIpc) is 2.35. The Bertz CT molecular complexity index is 582. The second kappa shape index (κ2) is 6.78. The third kappa shape index (κ3) is 3.65. The van der Waals surface area contributed by atoms with Gasteiger partial charge in [-0.25, -0.2) is 8.78 Å². The number of rotatable bonds is 7. The molecule has 22 heavy (non-hydrogen) atoms. The van der Waals surface area contributed by atoms with Gasteiger partial charge in [-0.2, -0.15) is 0 Å². The van der Waals surface area contributed by atoms with E-state index in [4.69, 9.17) is 10.2 Å². The molecule has 1 aromatic carbocycles. The number of halogens is 2. The van der Waals surface area contributed by atoms with Gasteiger partial charge in [0.15, 0.2) is 5.92 Å². The number of hydrogen-bond donors (Lipinski definition) is 2. The van der Waals surface area contributed by atoms with Gasteiger partial charge in [-0.05, 0) is 0 Å². The van der Waals surface area contributed by atoms with Crippen LogP contribution < -0.4 is 4.74 Å². The smallest absolute Gasteiger partial charge is 0.318 e. The fourth-order valence-electron chi connectivity index (χ4n) is 2.01. The van der Waals surface area contributed by atoms with Crippen molar-refractivity contribution in [2.75, 3.05) is 13.7 Å². The number of ether oxygens (including phenoxy) is 1. The predicted octanol–water partition coefficient (Wildman–Crippen LogP) is 1.12. The lowest BCUT2D eigenvalue weighted by molar-refractivity contribution is -0.484. The van der Waals surface area contributed by atoms with E-state index in [0.29, 0.717) is 12.1 Å². The van der Waals surface area contributed by atoms with Crippen molar-refractivity contribution >= 4 is 11.9 Å². The van der Waals surface area contributed by atoms with E-state index in [0.717, 1.165) is 7.11 Å². The van der Waals surface area contributed by atoms with E-state index in [1.807, 2.05) is 0 Å². The molecule has 1 aromatic rings. The molecule has 0 unspecified atom stereocenters. The van der Waals surface area contributed by atoms with Crippen molar-refractivity contribution in [1.29, 1.82) is 0 Å². The monoisotopic (exact) mass is 319 g/mol. The second-order valence-corrected chi connectivity index (χ2v) is 4.28. The minimum absolute atomic E-state index is 0.235. The molecule has 0 bridgehead atoms. The SMILES string of the molecule is COc1cc(F)c([C@H](C[N+](=O)[O-])C(C(=O)O)C(=O)O)c(F)c1. The predicted molar refractivity (Wildman–Crippen MR) is 66.3 cm³/mol. The zero-order valence-electron chi connectivity index (χ0n) is 11.2. The molecule has 0 spiro atoms. The number of carboxylic acids is 2. The zero-order chi connectivity index (χ0) is 17.0. The highest BCUT2D eigenvalue weighted by molar-refractivity contribution is 5.94. The topological polar surface area (TPSA) is 127 Å². The van der Waals surface area contributed by atoms with Crippen LogP contribution in [0.25, 0.3) is 0 Å². The minimum Gasteiger partial charge on any atom is -0.497 e. The van der Waals surface area contributed by atoms with E-state index < -0.39 is 52.4 Å². The van der Waals surface area contributed by atoms with E-state index in [9.17, 15) is 28.5 Å². The molecule has 120 valence electrons. The lowest BCUT2D eigenvalue weighted by atomic mass is 9.85. The van der Waals surface area contributed by atoms with Crippen molar-refractivity contribution in [3.8, 4) is 5.75 Å². The van der Waals surface area contributed by atoms with E-state index in [1.165, 1.54) is 0 Å². The second-order valence-electron chi connectivity index (χ2n) is 4.28. The van der Waals surface area contributed by atoms with Crippen molar-refractivity contribution < 1.29 is 38.2 Å². The Morgan fingerprint density at radius 3 is 2.05 bits per heavy atom. The van der Waals surface area contributed by atoms with Gasteiger partial charge in [0.05, 0.1) is 13.0 Å². The number of carbonyl (C=O) groups is 2. The average molecular weight is 319 g/mol. The van der Waals surface area contributed by atoms with Gasteiger partial charge < -0.3 is 14.9 Å². The zero-order valence-corrected chi connectivity index (χ0v) is 11.2. The first kappa shape index (κ1) is 17.3. The summed E-state index contributed by atoms with van der Waals surface area (Å²) in [6, 6.07) is 1.37. The van der Waals surface area contributed by atoms with Gasteiger partial charge >= 0.3 is 11.9 Å². The van der Waals surface area contributed by atoms with Crippen LogP contribution in [-0.4, -0.2) is 40.7 Å². The highest BCUT2D eigenvalue weighted by Gasteiger charge is 2.42. The fourth-order valence-corrected chi connectivity index (χ4v) is 2.01. The lowest BCUT2D eigenvalue weighted by Gasteiger charge is -2.19. The molecule has 0 saturated carbocycles. The number of nitro groups is 1. The van der Waals surface area contributed by atoms with Crippen LogP contribution in [0.2, 0.25) is 0 Å². The van der Waals surface area contributed by atoms with Gasteiger partial charge in [-0.15, -0.1) is 0 Å². The van der Waals surface area contributed by atoms with Crippen molar-refractivity contribution in [1.82, 2.24) is 0 Å². The van der Waals surface area contributed by atoms with Gasteiger partial charge in [0, 0.05) is 22.6 Å². The normalized spacial score (nSPS) is 12.0. The molecule has 10 heteroatoms. The molecule has 0 aliphatic rings. The fraction of sp³-hybridized carbons (Fsp3) is 0.333. The van der Waals surface area contributed by atoms with Crippen molar-refractivity contribution in [2.45, 2.75) is 5.92 Å². The summed E-state index contributed by atoms with van der Waals surface area (Å²) in [5.74, 6) is -11.1. The molecule has 0 saturated heterocycles. The van der Waals surface area contributed by atoms with Crippen LogP contribution in [0.5, 0.6) is 5.75 Å². The summed E-state index contributed by atoms with van der Waals surface area (Å²) in [5.41, 5.74) is -0.979. The van der Waals surface area contributed by atoms with E-state index >= 15 is 0 Å². The van der Waals surface area contributed by atoms with Gasteiger partial charge in [-0.1, -0.05) is 0 Å². The number of benzene rings is 1. The molecule has 1 atom stereocenters. The van der Waals surface area contributed by atoms with Crippen molar-refractivity contribution in [3.63, 3.8) is 0 Å². The standard InChI is InChI=1S/C12H11F2NO7/c1-22-5-2-7(13)9(8(14)3-5)6(4-15(20)21)10(11(16)17)12(18)19/h2-3,6,10H,4H2,1H3,(H,16,17)(H,18,19)/t6-/m0/s1. The number of aliphatic carboxylic acids is 2. The minimum atomic E-state index is -2.37. The van der Waals surface area contributed by atoms with E-state index in [2.05, 4.69) is 4.74 Å². The lowest BCUT2D eigenvalue weighted by Crippen LogP contribution is -2.34. The largest absolute Gasteiger partial charge is 0.497 e. The molecular weight excluding hydrogens is 308 g/mol. The number of carboxylic acid groups (broad SMARTS) is 2. The molecule has 1 rings (SSSR count). The van der Waals surface area contributed by atoms with E-state index in [-0.39, 0.29) is 5.75 Å². The summed E-state index contributed by atoms with van der Waals surface area (Å²) >= 11 is 0. The summed E-state index contributed by atoms with van der Waals surface area (Å²) < 4.78 is 32.5. The Kier molecular flexibility index (Phi) is 5.33. The van der Waals surface area contributed by atoms with Crippen LogP contribution in [0, 0.1) is 27.7 Å². The van der Waals surface area contributed by atoms with Crippen LogP contribution >= 0.6 is 0 Å². The van der Waals surface area contributed by atoms with Crippen LogP contribution in [0.1, 0.15) is 11.5 Å². The maximum absolute atomic E-state index is 14.0. The van der Waals surface area contributed by atoms with Gasteiger partial charge in [0.2, 0.25) is 6.54 Å². The van der Waals surface area contributed by atoms with Gasteiger partial charge in [-0.3, -0.25) is 19.7 Å². The first-order valence-corrected chi connectivity index (χ1v) is 5.79. The van der Waals surface area contributed by atoms with Crippen LogP contribution in [0.15, 0.2) is 12.1 Å². The van der Waals surface area contributed by atoms with Gasteiger partial charge in [0.1, 0.15) is 17.4 Å². The summed E-state index contributed by atoms with van der Waals surface area (Å²) in [6.45, 7) is -1.26. The maximum Gasteiger partial charge on any atom is 0.318 e. The summed E-state index contributed by atoms with van der Waals surface area (Å²) in [4.78, 5) is 31.6. The van der Waals surface area contributed by atoms with Crippen molar-refractivity contribution in [3.05, 3.63) is 39.4 Å². The highest BCUT2D eigenvalue weighted by atomic mass is 19.1. The molecular formula is C12H11F2NO7. The van der Waals surface area contributed by atoms with E-state index in [1.54, 1.807) is 0 Å². The molecule has 0 aliphatic carbocycles. The van der Waals surface area contributed by atoms with Crippen LogP contribution in [0.3, 0.4) is 0 Å². The first-order chi connectivity index (χ1) is 10.2. The van der Waals surface area contributed by atoms with Crippen LogP contribution in [-0.2, 0) is 9.59 Å². The third-order valence-electron chi connectivity index (χ3n) is 2.94. The summed E-state index contributed by atoms with van der Waals surface area (Å²) in [6.07, 6.45) is 0. The number of nitrogens with zero attached hydrogens (tertiary/aromatic N) is 1. The Morgan fingerprint density at radius 2 is 1.73 bits per heavy atom. The molecule has 2 N–H and O–H groups in total. The molecule has 0 aromatic heterocycles. The summed E-state index contributed by atoms with van der Waals surface area (Å²) in [5, 5.41) is 28.4.